The summed E-state index contributed by atoms with van der Waals surface area (Å²) in [7, 11) is 3.70. The van der Waals surface area contributed by atoms with E-state index in [2.05, 4.69) is 13.8 Å². The molecular formula is C22H45NO2. The molecule has 3 heteroatoms. The van der Waals surface area contributed by atoms with Gasteiger partial charge in [-0.2, -0.15) is 0 Å². The molecule has 0 saturated heterocycles. The lowest BCUT2D eigenvalue weighted by Crippen LogP contribution is -2.35. The summed E-state index contributed by atoms with van der Waals surface area (Å²) < 4.78 is 0. The summed E-state index contributed by atoms with van der Waals surface area (Å²) in [6, 6.07) is -0.314. The van der Waals surface area contributed by atoms with Crippen LogP contribution in [0.5, 0.6) is 0 Å². The molecule has 0 aromatic rings. The first kappa shape index (κ1) is 24.4. The Morgan fingerprint density at radius 3 is 1.28 bits per heavy atom. The van der Waals surface area contributed by atoms with Gasteiger partial charge in [0, 0.05) is 0 Å². The Labute approximate surface area is 157 Å². The summed E-state index contributed by atoms with van der Waals surface area (Å²) in [5.41, 5.74) is 0. The highest BCUT2D eigenvalue weighted by Gasteiger charge is 2.18. The maximum absolute atomic E-state index is 11.1. The van der Waals surface area contributed by atoms with Gasteiger partial charge in [0.1, 0.15) is 6.04 Å². The largest absolute Gasteiger partial charge is 0.480 e. The van der Waals surface area contributed by atoms with E-state index in [0.717, 1.165) is 18.8 Å². The minimum atomic E-state index is -0.690. The van der Waals surface area contributed by atoms with Gasteiger partial charge in [-0.05, 0) is 26.4 Å². The van der Waals surface area contributed by atoms with E-state index in [1.165, 1.54) is 83.5 Å². The van der Waals surface area contributed by atoms with Gasteiger partial charge in [-0.1, -0.05) is 104 Å². The first-order chi connectivity index (χ1) is 11.9. The average Bonchev–Trinajstić information content (AvgIpc) is 2.53. The van der Waals surface area contributed by atoms with Gasteiger partial charge in [-0.3, -0.25) is 9.69 Å². The molecule has 0 spiro atoms. The highest BCUT2D eigenvalue weighted by atomic mass is 16.4. The Morgan fingerprint density at radius 2 is 1.00 bits per heavy atom. The van der Waals surface area contributed by atoms with E-state index in [1.54, 1.807) is 0 Å². The summed E-state index contributed by atoms with van der Waals surface area (Å²) in [6.07, 6.45) is 19.6. The molecule has 0 heterocycles. The van der Waals surface area contributed by atoms with E-state index >= 15 is 0 Å². The van der Waals surface area contributed by atoms with Crippen molar-refractivity contribution in [3.05, 3.63) is 0 Å². The number of carboxylic acid groups (broad SMARTS) is 1. The molecule has 25 heavy (non-hydrogen) atoms. The summed E-state index contributed by atoms with van der Waals surface area (Å²) in [6.45, 7) is 4.63. The van der Waals surface area contributed by atoms with Crippen LogP contribution >= 0.6 is 0 Å². The van der Waals surface area contributed by atoms with Crippen molar-refractivity contribution >= 4 is 5.97 Å². The molecule has 0 radical (unpaired) electrons. The van der Waals surface area contributed by atoms with Gasteiger partial charge in [-0.25, -0.2) is 0 Å². The molecule has 1 atom stereocenters. The second-order valence-electron chi connectivity index (χ2n) is 8.39. The lowest BCUT2D eigenvalue weighted by atomic mass is 10.0. The molecular weight excluding hydrogens is 310 g/mol. The standard InChI is InChI=1S/C22H45NO2/c1-20(2)18-16-14-12-10-8-6-5-7-9-11-13-15-17-19-21(22(24)25)23(3)4/h20-21H,5-19H2,1-4H3,(H,24,25). The Bertz CT molecular complexity index is 302. The fourth-order valence-electron chi connectivity index (χ4n) is 3.44. The van der Waals surface area contributed by atoms with Gasteiger partial charge in [0.2, 0.25) is 0 Å². The van der Waals surface area contributed by atoms with Crippen LogP contribution in [-0.4, -0.2) is 36.1 Å². The van der Waals surface area contributed by atoms with Gasteiger partial charge in [0.15, 0.2) is 0 Å². The van der Waals surface area contributed by atoms with Crippen molar-refractivity contribution in [1.82, 2.24) is 4.90 Å². The van der Waals surface area contributed by atoms with Gasteiger partial charge in [0.25, 0.3) is 0 Å². The van der Waals surface area contributed by atoms with E-state index in [-0.39, 0.29) is 6.04 Å². The number of rotatable bonds is 18. The Hall–Kier alpha value is -0.570. The molecule has 1 unspecified atom stereocenters. The molecule has 0 bridgehead atoms. The summed E-state index contributed by atoms with van der Waals surface area (Å²) in [5, 5.41) is 9.13. The number of likely N-dealkylation sites (N-methyl/N-ethyl adjacent to an activating group) is 1. The second-order valence-corrected chi connectivity index (χ2v) is 8.39. The highest BCUT2D eigenvalue weighted by Crippen LogP contribution is 2.15. The minimum absolute atomic E-state index is 0.314. The molecule has 0 aliphatic heterocycles. The lowest BCUT2D eigenvalue weighted by Gasteiger charge is -2.19. The van der Waals surface area contributed by atoms with Crippen molar-refractivity contribution < 1.29 is 9.90 Å². The topological polar surface area (TPSA) is 40.5 Å². The fraction of sp³-hybridized carbons (Fsp3) is 0.955. The third-order valence-corrected chi connectivity index (χ3v) is 5.17. The van der Waals surface area contributed by atoms with Gasteiger partial charge < -0.3 is 5.11 Å². The third kappa shape index (κ3) is 16.6. The first-order valence-corrected chi connectivity index (χ1v) is 10.8. The van der Waals surface area contributed by atoms with Crippen LogP contribution in [0.4, 0.5) is 0 Å². The quantitative estimate of drug-likeness (QED) is 0.285. The molecule has 0 aromatic carbocycles. The molecule has 1 N–H and O–H groups in total. The molecule has 0 fully saturated rings. The lowest BCUT2D eigenvalue weighted by molar-refractivity contribution is -0.142. The van der Waals surface area contributed by atoms with Crippen LogP contribution < -0.4 is 0 Å². The van der Waals surface area contributed by atoms with E-state index < -0.39 is 5.97 Å². The van der Waals surface area contributed by atoms with E-state index in [4.69, 9.17) is 5.11 Å². The smallest absolute Gasteiger partial charge is 0.320 e. The Balaban J connectivity index is 3.23. The monoisotopic (exact) mass is 355 g/mol. The molecule has 0 aliphatic carbocycles. The molecule has 0 aliphatic rings. The van der Waals surface area contributed by atoms with Crippen LogP contribution in [0.15, 0.2) is 0 Å². The third-order valence-electron chi connectivity index (χ3n) is 5.17. The van der Waals surface area contributed by atoms with Gasteiger partial charge >= 0.3 is 5.97 Å². The SMILES string of the molecule is CC(C)CCCCCCCCCCCCCCCC(C(=O)O)N(C)C. The maximum Gasteiger partial charge on any atom is 0.320 e. The van der Waals surface area contributed by atoms with Crippen LogP contribution in [-0.2, 0) is 4.79 Å². The molecule has 0 aromatic heterocycles. The van der Waals surface area contributed by atoms with E-state index in [1.807, 2.05) is 19.0 Å². The van der Waals surface area contributed by atoms with Gasteiger partial charge in [-0.15, -0.1) is 0 Å². The zero-order valence-electron chi connectivity index (χ0n) is 17.6. The van der Waals surface area contributed by atoms with Crippen molar-refractivity contribution in [2.45, 2.75) is 116 Å². The van der Waals surface area contributed by atoms with Crippen LogP contribution in [0.2, 0.25) is 0 Å². The molecule has 0 saturated carbocycles. The molecule has 3 nitrogen and oxygen atoms in total. The highest BCUT2D eigenvalue weighted by molar-refractivity contribution is 5.73. The van der Waals surface area contributed by atoms with Crippen molar-refractivity contribution in [2.75, 3.05) is 14.1 Å². The van der Waals surface area contributed by atoms with Crippen LogP contribution in [0.3, 0.4) is 0 Å². The van der Waals surface area contributed by atoms with Crippen molar-refractivity contribution in [2.24, 2.45) is 5.92 Å². The maximum atomic E-state index is 11.1. The average molecular weight is 356 g/mol. The normalized spacial score (nSPS) is 12.9. The predicted octanol–water partition coefficient (Wildman–Crippen LogP) is 6.51. The number of aliphatic carboxylic acids is 1. The van der Waals surface area contributed by atoms with Crippen molar-refractivity contribution in [3.8, 4) is 0 Å². The predicted molar refractivity (Wildman–Crippen MR) is 109 cm³/mol. The zero-order valence-corrected chi connectivity index (χ0v) is 17.6. The molecule has 150 valence electrons. The van der Waals surface area contributed by atoms with E-state index in [9.17, 15) is 4.79 Å². The Kier molecular flexibility index (Phi) is 16.5. The molecule has 0 rings (SSSR count). The number of carbonyl (C=O) groups is 1. The summed E-state index contributed by atoms with van der Waals surface area (Å²) >= 11 is 0. The van der Waals surface area contributed by atoms with Crippen LogP contribution in [0.1, 0.15) is 110 Å². The number of unbranched alkanes of at least 4 members (excludes halogenated alkanes) is 12. The first-order valence-electron chi connectivity index (χ1n) is 10.8. The fourth-order valence-corrected chi connectivity index (χ4v) is 3.44. The van der Waals surface area contributed by atoms with Gasteiger partial charge in [0.05, 0.1) is 0 Å². The number of nitrogens with zero attached hydrogens (tertiary/aromatic N) is 1. The summed E-state index contributed by atoms with van der Waals surface area (Å²) in [4.78, 5) is 12.9. The summed E-state index contributed by atoms with van der Waals surface area (Å²) in [5.74, 6) is 0.177. The van der Waals surface area contributed by atoms with E-state index in [0.29, 0.717) is 0 Å². The second kappa shape index (κ2) is 16.9. The number of hydrogen-bond acceptors (Lipinski definition) is 2. The molecule has 0 amide bonds. The van der Waals surface area contributed by atoms with Crippen molar-refractivity contribution in [1.29, 1.82) is 0 Å². The number of carboxylic acids is 1. The van der Waals surface area contributed by atoms with Crippen LogP contribution in [0.25, 0.3) is 0 Å². The zero-order chi connectivity index (χ0) is 18.9. The minimum Gasteiger partial charge on any atom is -0.480 e. The van der Waals surface area contributed by atoms with Crippen LogP contribution in [0, 0.1) is 5.92 Å². The Morgan fingerprint density at radius 1 is 0.680 bits per heavy atom. The number of hydrogen-bond donors (Lipinski definition) is 1. The van der Waals surface area contributed by atoms with Crippen molar-refractivity contribution in [3.63, 3.8) is 0 Å².